The molecular weight excluding hydrogens is 346 g/mol. The predicted molar refractivity (Wildman–Crippen MR) is 78.5 cm³/mol. The van der Waals surface area contributed by atoms with E-state index in [1.165, 1.54) is 0 Å². The van der Waals surface area contributed by atoms with Crippen molar-refractivity contribution in [3.63, 3.8) is 0 Å². The van der Waals surface area contributed by atoms with Gasteiger partial charge in [0.1, 0.15) is 0 Å². The molecular formula is C14H7BrClNO3. The van der Waals surface area contributed by atoms with E-state index < -0.39 is 5.97 Å². The van der Waals surface area contributed by atoms with Crippen molar-refractivity contribution >= 4 is 45.5 Å². The molecule has 0 aliphatic carbocycles. The van der Waals surface area contributed by atoms with Gasteiger partial charge in [-0.05, 0) is 51.8 Å². The number of aliphatic imine (C=N–C) groups is 1. The minimum Gasteiger partial charge on any atom is -0.444 e. The van der Waals surface area contributed by atoms with Crippen molar-refractivity contribution in [1.82, 2.24) is 0 Å². The molecule has 0 saturated heterocycles. The fourth-order valence-electron chi connectivity index (χ4n) is 1.66. The first-order chi connectivity index (χ1) is 9.61. The van der Waals surface area contributed by atoms with Crippen LogP contribution in [-0.4, -0.2) is 11.9 Å². The summed E-state index contributed by atoms with van der Waals surface area (Å²) in [5, 5.41) is 0.630. The summed E-state index contributed by atoms with van der Waals surface area (Å²) in [4.78, 5) is 15.9. The van der Waals surface area contributed by atoms with Crippen molar-refractivity contribution in [3.8, 4) is 0 Å². The second-order valence-electron chi connectivity index (χ2n) is 3.99. The molecule has 0 saturated carbocycles. The number of carbonyl (C=O) groups is 1. The van der Waals surface area contributed by atoms with Crippen LogP contribution in [0.3, 0.4) is 0 Å². The molecule has 1 aromatic carbocycles. The van der Waals surface area contributed by atoms with Crippen molar-refractivity contribution < 1.29 is 13.9 Å². The zero-order valence-corrected chi connectivity index (χ0v) is 12.3. The van der Waals surface area contributed by atoms with E-state index in [0.29, 0.717) is 15.5 Å². The van der Waals surface area contributed by atoms with Crippen LogP contribution in [0, 0.1) is 0 Å². The van der Waals surface area contributed by atoms with E-state index in [1.54, 1.807) is 42.5 Å². The highest BCUT2D eigenvalue weighted by atomic mass is 79.9. The summed E-state index contributed by atoms with van der Waals surface area (Å²) in [5.74, 6) is 0.0353. The number of hydrogen-bond acceptors (Lipinski definition) is 4. The van der Waals surface area contributed by atoms with Gasteiger partial charge in [-0.15, -0.1) is 0 Å². The van der Waals surface area contributed by atoms with Crippen LogP contribution in [-0.2, 0) is 9.53 Å². The topological polar surface area (TPSA) is 51.8 Å². The van der Waals surface area contributed by atoms with E-state index >= 15 is 0 Å². The highest BCUT2D eigenvalue weighted by Crippen LogP contribution is 2.22. The molecule has 1 aliphatic heterocycles. The van der Waals surface area contributed by atoms with Crippen LogP contribution >= 0.6 is 27.5 Å². The van der Waals surface area contributed by atoms with Gasteiger partial charge in [-0.1, -0.05) is 23.7 Å². The molecule has 2 heterocycles. The molecule has 3 rings (SSSR count). The Balaban J connectivity index is 1.92. The molecule has 100 valence electrons. The molecule has 1 aromatic heterocycles. The highest BCUT2D eigenvalue weighted by Gasteiger charge is 2.26. The second-order valence-corrected chi connectivity index (χ2v) is 5.21. The number of cyclic esters (lactones) is 1. The summed E-state index contributed by atoms with van der Waals surface area (Å²) in [7, 11) is 0. The molecule has 20 heavy (non-hydrogen) atoms. The Labute approximate surface area is 127 Å². The molecule has 0 N–H and O–H groups in total. The Bertz CT molecular complexity index is 731. The molecule has 0 atom stereocenters. The molecule has 0 unspecified atom stereocenters. The monoisotopic (exact) mass is 351 g/mol. The smallest absolute Gasteiger partial charge is 0.363 e. The molecule has 1 aliphatic rings. The summed E-state index contributed by atoms with van der Waals surface area (Å²) in [6, 6.07) is 10.4. The van der Waals surface area contributed by atoms with Gasteiger partial charge in [0, 0.05) is 5.02 Å². The number of rotatable bonds is 2. The first-order valence-electron chi connectivity index (χ1n) is 5.66. The quantitative estimate of drug-likeness (QED) is 0.605. The van der Waals surface area contributed by atoms with Crippen molar-refractivity contribution in [2.45, 2.75) is 0 Å². The molecule has 0 fully saturated rings. The third kappa shape index (κ3) is 2.69. The minimum absolute atomic E-state index is 0.154. The van der Waals surface area contributed by atoms with Gasteiger partial charge in [-0.25, -0.2) is 9.79 Å². The van der Waals surface area contributed by atoms with Gasteiger partial charge in [0.25, 0.3) is 5.90 Å². The number of nitrogens with zero attached hydrogens (tertiary/aromatic N) is 1. The Hall–Kier alpha value is -1.85. The number of benzene rings is 1. The minimum atomic E-state index is -0.512. The van der Waals surface area contributed by atoms with Gasteiger partial charge in [0.15, 0.2) is 16.1 Å². The van der Waals surface area contributed by atoms with Gasteiger partial charge in [-0.3, -0.25) is 0 Å². The van der Waals surface area contributed by atoms with Crippen molar-refractivity contribution in [3.05, 3.63) is 63.1 Å². The Morgan fingerprint density at radius 2 is 1.90 bits per heavy atom. The maximum atomic E-state index is 11.8. The number of halogens is 2. The van der Waals surface area contributed by atoms with Crippen molar-refractivity contribution in [1.29, 1.82) is 0 Å². The summed E-state index contributed by atoms with van der Waals surface area (Å²) in [6.45, 7) is 0. The van der Waals surface area contributed by atoms with E-state index in [-0.39, 0.29) is 11.6 Å². The van der Waals surface area contributed by atoms with Crippen molar-refractivity contribution in [2.75, 3.05) is 0 Å². The Morgan fingerprint density at radius 1 is 1.15 bits per heavy atom. The zero-order valence-electron chi connectivity index (χ0n) is 9.97. The van der Waals surface area contributed by atoms with Crippen LogP contribution in [0.25, 0.3) is 6.08 Å². The SMILES string of the molecule is O=C1OC(c2ccc(Br)o2)=NC1=Cc1ccc(Cl)cc1. The third-order valence-electron chi connectivity index (χ3n) is 2.58. The number of esters is 1. The van der Waals surface area contributed by atoms with E-state index in [4.69, 9.17) is 20.8 Å². The average molecular weight is 353 g/mol. The van der Waals surface area contributed by atoms with Gasteiger partial charge >= 0.3 is 5.97 Å². The van der Waals surface area contributed by atoms with E-state index in [2.05, 4.69) is 20.9 Å². The fraction of sp³-hybridized carbons (Fsp3) is 0. The lowest BCUT2D eigenvalue weighted by atomic mass is 10.2. The Morgan fingerprint density at radius 3 is 2.55 bits per heavy atom. The van der Waals surface area contributed by atoms with Gasteiger partial charge in [-0.2, -0.15) is 0 Å². The molecule has 0 bridgehead atoms. The van der Waals surface area contributed by atoms with Crippen LogP contribution in [0.4, 0.5) is 0 Å². The lowest BCUT2D eigenvalue weighted by molar-refractivity contribution is -0.130. The first-order valence-corrected chi connectivity index (χ1v) is 6.83. The van der Waals surface area contributed by atoms with E-state index in [0.717, 1.165) is 5.56 Å². The van der Waals surface area contributed by atoms with Gasteiger partial charge in [0.2, 0.25) is 0 Å². The number of carbonyl (C=O) groups excluding carboxylic acids is 1. The maximum absolute atomic E-state index is 11.8. The molecule has 2 aromatic rings. The average Bonchev–Trinajstić information content (AvgIpc) is 3.00. The lowest BCUT2D eigenvalue weighted by Gasteiger charge is -1.94. The largest absolute Gasteiger partial charge is 0.444 e. The highest BCUT2D eigenvalue weighted by molar-refractivity contribution is 9.10. The molecule has 0 amide bonds. The molecule has 0 radical (unpaired) electrons. The normalized spacial score (nSPS) is 16.4. The summed E-state index contributed by atoms with van der Waals surface area (Å²) in [6.07, 6.45) is 1.63. The first kappa shape index (κ1) is 13.1. The predicted octanol–water partition coefficient (Wildman–Crippen LogP) is 4.04. The van der Waals surface area contributed by atoms with E-state index in [1.807, 2.05) is 0 Å². The van der Waals surface area contributed by atoms with Crippen LogP contribution in [0.2, 0.25) is 5.02 Å². The molecule has 6 heteroatoms. The fourth-order valence-corrected chi connectivity index (χ4v) is 2.09. The molecule has 0 spiro atoms. The van der Waals surface area contributed by atoms with Crippen LogP contribution in [0.5, 0.6) is 0 Å². The second kappa shape index (κ2) is 5.26. The van der Waals surface area contributed by atoms with Gasteiger partial charge in [0.05, 0.1) is 0 Å². The maximum Gasteiger partial charge on any atom is 0.363 e. The number of hydrogen-bond donors (Lipinski definition) is 0. The lowest BCUT2D eigenvalue weighted by Crippen LogP contribution is -2.04. The van der Waals surface area contributed by atoms with Crippen LogP contribution < -0.4 is 0 Å². The molecule has 4 nitrogen and oxygen atoms in total. The summed E-state index contributed by atoms with van der Waals surface area (Å²) >= 11 is 8.99. The zero-order chi connectivity index (χ0) is 14.1. The summed E-state index contributed by atoms with van der Waals surface area (Å²) in [5.41, 5.74) is 1.03. The summed E-state index contributed by atoms with van der Waals surface area (Å²) < 4.78 is 10.9. The van der Waals surface area contributed by atoms with Crippen LogP contribution in [0.15, 0.2) is 56.2 Å². The number of ether oxygens (including phenoxy) is 1. The third-order valence-corrected chi connectivity index (χ3v) is 3.26. The number of furan rings is 1. The van der Waals surface area contributed by atoms with Crippen LogP contribution in [0.1, 0.15) is 11.3 Å². The standard InChI is InChI=1S/C14H7BrClNO3/c15-12-6-5-11(19-12)13-17-10(14(18)20-13)7-8-1-3-9(16)4-2-8/h1-7H. The Kier molecular flexibility index (Phi) is 3.46. The van der Waals surface area contributed by atoms with Gasteiger partial charge < -0.3 is 9.15 Å². The van der Waals surface area contributed by atoms with Crippen molar-refractivity contribution in [2.24, 2.45) is 4.99 Å². The van der Waals surface area contributed by atoms with E-state index in [9.17, 15) is 4.79 Å².